The molecule has 0 spiro atoms. The lowest BCUT2D eigenvalue weighted by molar-refractivity contribution is -0.228. The van der Waals surface area contributed by atoms with Crippen molar-refractivity contribution < 1.29 is 29.9 Å². The highest BCUT2D eigenvalue weighted by atomic mass is 35.5. The predicted molar refractivity (Wildman–Crippen MR) is 134 cm³/mol. The molecule has 7 nitrogen and oxygen atoms in total. The van der Waals surface area contributed by atoms with Gasteiger partial charge in [-0.15, -0.1) is 0 Å². The Labute approximate surface area is 211 Å². The van der Waals surface area contributed by atoms with Gasteiger partial charge in [-0.2, -0.15) is 0 Å². The molecule has 2 aromatic rings. The molecule has 2 aliphatic rings. The molecule has 4 N–H and O–H groups in total. The van der Waals surface area contributed by atoms with Crippen molar-refractivity contribution in [3.63, 3.8) is 0 Å². The number of likely N-dealkylation sites (tertiary alicyclic amines) is 1. The van der Waals surface area contributed by atoms with Gasteiger partial charge >= 0.3 is 0 Å². The highest BCUT2D eigenvalue weighted by Crippen LogP contribution is 2.35. The molecule has 2 fully saturated rings. The van der Waals surface area contributed by atoms with E-state index < -0.39 is 30.5 Å². The molecule has 2 saturated heterocycles. The summed E-state index contributed by atoms with van der Waals surface area (Å²) in [5.41, 5.74) is 2.65. The van der Waals surface area contributed by atoms with Gasteiger partial charge in [-0.25, -0.2) is 0 Å². The van der Waals surface area contributed by atoms with Crippen molar-refractivity contribution in [3.05, 3.63) is 64.2 Å². The van der Waals surface area contributed by atoms with Crippen molar-refractivity contribution in [3.8, 4) is 5.75 Å². The third-order valence-corrected chi connectivity index (χ3v) is 7.51. The van der Waals surface area contributed by atoms with E-state index in [-0.39, 0.29) is 6.61 Å². The molecule has 192 valence electrons. The number of aliphatic hydroxyl groups excluding tert-OH is 4. The van der Waals surface area contributed by atoms with Crippen molar-refractivity contribution in [1.29, 1.82) is 0 Å². The summed E-state index contributed by atoms with van der Waals surface area (Å²) in [6.45, 7) is 4.80. The molecule has 0 bridgehead atoms. The summed E-state index contributed by atoms with van der Waals surface area (Å²) in [6, 6.07) is 13.3. The second-order valence-electron chi connectivity index (χ2n) is 9.60. The molecule has 35 heavy (non-hydrogen) atoms. The Bertz CT molecular complexity index is 949. The van der Waals surface area contributed by atoms with Crippen LogP contribution >= 0.6 is 11.6 Å². The molecule has 2 heterocycles. The van der Waals surface area contributed by atoms with Crippen molar-refractivity contribution in [2.45, 2.75) is 56.7 Å². The minimum Gasteiger partial charge on any atom is -0.494 e. The number of piperidine rings is 1. The smallest absolute Gasteiger partial charge is 0.119 e. The van der Waals surface area contributed by atoms with E-state index in [1.165, 1.54) is 0 Å². The van der Waals surface area contributed by atoms with Crippen molar-refractivity contribution in [2.75, 3.05) is 32.8 Å². The molecule has 4 rings (SSSR count). The molecule has 0 saturated carbocycles. The maximum Gasteiger partial charge on any atom is 0.119 e. The number of aliphatic hydroxyl groups is 4. The van der Waals surface area contributed by atoms with Gasteiger partial charge in [-0.3, -0.25) is 0 Å². The van der Waals surface area contributed by atoms with Crippen molar-refractivity contribution in [1.82, 2.24) is 4.90 Å². The molecule has 0 amide bonds. The third kappa shape index (κ3) is 6.35. The normalized spacial score (nSPS) is 28.2. The molecule has 0 unspecified atom stereocenters. The lowest BCUT2D eigenvalue weighted by Gasteiger charge is -2.43. The quantitative estimate of drug-likeness (QED) is 0.437. The van der Waals surface area contributed by atoms with E-state index >= 15 is 0 Å². The summed E-state index contributed by atoms with van der Waals surface area (Å²) in [5.74, 6) is 1.13. The summed E-state index contributed by atoms with van der Waals surface area (Å²) in [5, 5.41) is 42.0. The van der Waals surface area contributed by atoms with Gasteiger partial charge in [0.05, 0.1) is 12.7 Å². The van der Waals surface area contributed by atoms with Crippen LogP contribution in [0, 0.1) is 5.92 Å². The van der Waals surface area contributed by atoms with Crippen LogP contribution in [0.25, 0.3) is 0 Å². The van der Waals surface area contributed by atoms with E-state index in [4.69, 9.17) is 21.1 Å². The van der Waals surface area contributed by atoms with Gasteiger partial charge in [0.2, 0.25) is 0 Å². The summed E-state index contributed by atoms with van der Waals surface area (Å²) < 4.78 is 11.7. The van der Waals surface area contributed by atoms with E-state index in [2.05, 4.69) is 4.90 Å². The second kappa shape index (κ2) is 12.0. The predicted octanol–water partition coefficient (Wildman–Crippen LogP) is 2.56. The molecule has 2 aliphatic heterocycles. The van der Waals surface area contributed by atoms with E-state index in [0.717, 1.165) is 42.8 Å². The van der Waals surface area contributed by atoms with Gasteiger partial charge in [-0.05, 0) is 80.1 Å². The Balaban J connectivity index is 1.48. The first-order chi connectivity index (χ1) is 16.9. The molecular weight excluding hydrogens is 470 g/mol. The largest absolute Gasteiger partial charge is 0.494 e. The summed E-state index contributed by atoms with van der Waals surface area (Å²) in [4.78, 5) is 2.18. The minimum absolute atomic E-state index is 0.193. The van der Waals surface area contributed by atoms with Crippen LogP contribution in [0.15, 0.2) is 42.5 Å². The SMILES string of the molecule is CCOc1ccc(Cc2cc([C@@H]3O[C@H](CN4CCC(CO)CC4)[C@@H](O)[C@H](O)[C@H]3O)ccc2Cl)cc1. The molecule has 0 radical (unpaired) electrons. The van der Waals surface area contributed by atoms with Gasteiger partial charge in [0, 0.05) is 18.2 Å². The third-order valence-electron chi connectivity index (χ3n) is 7.14. The van der Waals surface area contributed by atoms with Gasteiger partial charge in [0.1, 0.15) is 30.2 Å². The first-order valence-corrected chi connectivity index (χ1v) is 12.8. The monoisotopic (exact) mass is 505 g/mol. The van der Waals surface area contributed by atoms with Gasteiger partial charge in [0.25, 0.3) is 0 Å². The highest BCUT2D eigenvalue weighted by Gasteiger charge is 2.45. The van der Waals surface area contributed by atoms with Crippen LogP contribution in [0.3, 0.4) is 0 Å². The van der Waals surface area contributed by atoms with Gasteiger partial charge < -0.3 is 34.8 Å². The van der Waals surface area contributed by atoms with Crippen LogP contribution in [-0.4, -0.2) is 82.6 Å². The molecule has 2 aromatic carbocycles. The minimum atomic E-state index is -1.32. The van der Waals surface area contributed by atoms with Crippen molar-refractivity contribution >= 4 is 11.6 Å². The number of nitrogens with zero attached hydrogens (tertiary/aromatic N) is 1. The van der Waals surface area contributed by atoms with Gasteiger partial charge in [0.15, 0.2) is 0 Å². The van der Waals surface area contributed by atoms with Crippen LogP contribution in [0.5, 0.6) is 5.75 Å². The number of benzene rings is 2. The second-order valence-corrected chi connectivity index (χ2v) is 10.0. The molecule has 8 heteroatoms. The average molecular weight is 506 g/mol. The Kier molecular flexibility index (Phi) is 9.05. The van der Waals surface area contributed by atoms with E-state index in [9.17, 15) is 20.4 Å². The van der Waals surface area contributed by atoms with E-state index in [1.807, 2.05) is 37.3 Å². The number of hydrogen-bond donors (Lipinski definition) is 4. The summed E-state index contributed by atoms with van der Waals surface area (Å²) in [6.07, 6.45) is -2.83. The van der Waals surface area contributed by atoms with Crippen molar-refractivity contribution in [2.24, 2.45) is 5.92 Å². The first-order valence-electron chi connectivity index (χ1n) is 12.4. The average Bonchev–Trinajstić information content (AvgIpc) is 2.87. The first kappa shape index (κ1) is 26.4. The maximum atomic E-state index is 10.8. The zero-order valence-corrected chi connectivity index (χ0v) is 20.8. The Morgan fingerprint density at radius 2 is 1.71 bits per heavy atom. The van der Waals surface area contributed by atoms with Gasteiger partial charge in [-0.1, -0.05) is 35.9 Å². The fourth-order valence-electron chi connectivity index (χ4n) is 4.98. The number of ether oxygens (including phenoxy) is 2. The highest BCUT2D eigenvalue weighted by molar-refractivity contribution is 6.31. The fourth-order valence-corrected chi connectivity index (χ4v) is 5.16. The fraction of sp³-hybridized carbons (Fsp3) is 0.556. The van der Waals surface area contributed by atoms with Crippen LogP contribution in [-0.2, 0) is 11.2 Å². The molecule has 0 aliphatic carbocycles. The maximum absolute atomic E-state index is 10.8. The Morgan fingerprint density at radius 3 is 2.37 bits per heavy atom. The van der Waals surface area contributed by atoms with E-state index in [1.54, 1.807) is 12.1 Å². The zero-order valence-electron chi connectivity index (χ0n) is 20.1. The zero-order chi connectivity index (χ0) is 24.9. The number of halogens is 1. The number of rotatable bonds is 8. The Morgan fingerprint density at radius 1 is 1.00 bits per heavy atom. The standard InChI is InChI=1S/C27H36ClNO6/c1-2-34-21-6-3-17(4-7-21)13-20-14-19(5-8-22(20)28)27-26(33)25(32)24(31)23(35-27)15-29-11-9-18(16-30)10-12-29/h3-8,14,18,23-27,30-33H,2,9-13,15-16H2,1H3/t23-,24-,25+,26-,27+/m1/s1. The summed E-state index contributed by atoms with van der Waals surface area (Å²) >= 11 is 6.49. The lowest BCUT2D eigenvalue weighted by Crippen LogP contribution is -2.57. The molecule has 0 aromatic heterocycles. The molecule has 5 atom stereocenters. The Hall–Kier alpha value is -1.71. The summed E-state index contributed by atoms with van der Waals surface area (Å²) in [7, 11) is 0. The van der Waals surface area contributed by atoms with Crippen LogP contribution in [0.4, 0.5) is 0 Å². The lowest BCUT2D eigenvalue weighted by atomic mass is 9.89. The van der Waals surface area contributed by atoms with Crippen LogP contribution < -0.4 is 4.74 Å². The molecular formula is C27H36ClNO6. The van der Waals surface area contributed by atoms with E-state index in [0.29, 0.717) is 36.1 Å². The van der Waals surface area contributed by atoms with Crippen LogP contribution in [0.1, 0.15) is 42.6 Å². The topological polar surface area (TPSA) is 103 Å². The van der Waals surface area contributed by atoms with Crippen LogP contribution in [0.2, 0.25) is 5.02 Å². The number of hydrogen-bond acceptors (Lipinski definition) is 7.